The van der Waals surface area contributed by atoms with Crippen LogP contribution < -0.4 is 29.2 Å². The molecule has 0 aliphatic heterocycles. The molecule has 0 amide bonds. The van der Waals surface area contributed by atoms with Crippen LogP contribution in [0, 0.1) is 36.1 Å². The Hall–Kier alpha value is -3.85. The van der Waals surface area contributed by atoms with E-state index in [-0.39, 0.29) is 40.0 Å². The molecule has 1 heterocycles. The van der Waals surface area contributed by atoms with Crippen molar-refractivity contribution < 1.29 is 53.5 Å². The summed E-state index contributed by atoms with van der Waals surface area (Å²) in [6.07, 6.45) is 0.508. The number of carbonyl (C=O) groups is 1. The van der Waals surface area contributed by atoms with Gasteiger partial charge in [0, 0.05) is 43.4 Å². The van der Waals surface area contributed by atoms with Crippen LogP contribution in [-0.4, -0.2) is 69.7 Å². The van der Waals surface area contributed by atoms with Crippen LogP contribution in [0.2, 0.25) is 0 Å². The molecular formula is C22H30ClN8O8Pt-. The summed E-state index contributed by atoms with van der Waals surface area (Å²) in [5.74, 6) is -0.596. The van der Waals surface area contributed by atoms with Crippen LogP contribution in [0.4, 0.5) is 5.69 Å². The zero-order valence-electron chi connectivity index (χ0n) is 21.3. The number of hydrogen-bond acceptors (Lipinski definition) is 12. The van der Waals surface area contributed by atoms with Gasteiger partial charge in [0.1, 0.15) is 6.54 Å². The fourth-order valence-corrected chi connectivity index (χ4v) is 3.04. The molecule has 0 spiro atoms. The Kier molecular flexibility index (Phi) is 23.4. The van der Waals surface area contributed by atoms with Crippen LogP contribution in [0.15, 0.2) is 48.5 Å². The number of anilines is 1. The first-order chi connectivity index (χ1) is 18.0. The van der Waals surface area contributed by atoms with Gasteiger partial charge in [-0.2, -0.15) is 0 Å². The van der Waals surface area contributed by atoms with Crippen LogP contribution in [-0.2, 0) is 25.9 Å². The first kappa shape index (κ1) is 40.6. The van der Waals surface area contributed by atoms with Gasteiger partial charge in [0.25, 0.3) is 0 Å². The van der Waals surface area contributed by atoms with Crippen LogP contribution in [0.1, 0.15) is 13.3 Å². The largest absolute Gasteiger partial charge is 2.00 e. The maximum absolute atomic E-state index is 11.0. The van der Waals surface area contributed by atoms with Crippen molar-refractivity contribution in [2.75, 3.05) is 38.0 Å². The molecule has 2 aromatic carbocycles. The molecule has 0 atom stereocenters. The zero-order valence-corrected chi connectivity index (χ0v) is 24.3. The Morgan fingerprint density at radius 2 is 1.38 bits per heavy atom. The summed E-state index contributed by atoms with van der Waals surface area (Å²) >= 11 is 0. The molecule has 0 unspecified atom stereocenters. The van der Waals surface area contributed by atoms with E-state index in [9.17, 15) is 4.79 Å². The van der Waals surface area contributed by atoms with Gasteiger partial charge in [0.15, 0.2) is 0 Å². The number of nitrogens with one attached hydrogen (secondary N) is 2. The third-order valence-corrected chi connectivity index (χ3v) is 4.48. The van der Waals surface area contributed by atoms with Gasteiger partial charge < -0.3 is 69.8 Å². The van der Waals surface area contributed by atoms with E-state index in [1.165, 1.54) is 0 Å². The number of aliphatic carboxylic acids is 1. The molecular weight excluding hydrogens is 735 g/mol. The van der Waals surface area contributed by atoms with Crippen molar-refractivity contribution >= 4 is 39.3 Å². The molecule has 18 heteroatoms. The molecule has 1 aromatic heterocycles. The van der Waals surface area contributed by atoms with E-state index in [0.29, 0.717) is 38.4 Å². The second-order valence-electron chi connectivity index (χ2n) is 7.09. The number of carboxylic acids is 1. The van der Waals surface area contributed by atoms with Gasteiger partial charge in [-0.1, -0.05) is 43.3 Å². The minimum Gasteiger partial charge on any atom is -1.00 e. The summed E-state index contributed by atoms with van der Waals surface area (Å²) < 4.78 is 0. The fraction of sp³-hybridized carbons (Fsp3) is 0.318. The number of rotatable bonds is 8. The second kappa shape index (κ2) is 23.1. The van der Waals surface area contributed by atoms with Crippen molar-refractivity contribution in [2.45, 2.75) is 13.3 Å². The van der Waals surface area contributed by atoms with Crippen molar-refractivity contribution in [2.24, 2.45) is 11.5 Å². The van der Waals surface area contributed by atoms with Gasteiger partial charge in [0.05, 0.1) is 32.7 Å². The number of carboxylic acid groups (broad SMARTS) is 1. The van der Waals surface area contributed by atoms with Crippen LogP contribution in [0.5, 0.6) is 0 Å². The third kappa shape index (κ3) is 16.9. The van der Waals surface area contributed by atoms with E-state index < -0.39 is 16.1 Å². The molecule has 7 N–H and O–H groups in total. The monoisotopic (exact) mass is 764 g/mol. The number of amidine groups is 1. The Labute approximate surface area is 249 Å². The zero-order chi connectivity index (χ0) is 29.1. The summed E-state index contributed by atoms with van der Waals surface area (Å²) in [6.45, 7) is 3.87. The summed E-state index contributed by atoms with van der Waals surface area (Å²) in [5.41, 5.74) is 12.6. The molecule has 40 heavy (non-hydrogen) atoms. The maximum Gasteiger partial charge on any atom is 2.00 e. The van der Waals surface area contributed by atoms with E-state index in [4.69, 9.17) is 57.6 Å². The molecule has 3 aromatic rings. The average molecular weight is 765 g/mol. The van der Waals surface area contributed by atoms with Crippen molar-refractivity contribution in [3.8, 4) is 0 Å². The predicted octanol–water partition coefficient (Wildman–Crippen LogP) is -0.999. The van der Waals surface area contributed by atoms with Crippen molar-refractivity contribution in [1.82, 2.24) is 9.88 Å². The quantitative estimate of drug-likeness (QED) is 0.0606. The minimum atomic E-state index is -1.75. The molecule has 0 aliphatic carbocycles. The number of nitrogens with two attached hydrogens (primary N) is 2. The van der Waals surface area contributed by atoms with Crippen LogP contribution in [0.25, 0.3) is 21.8 Å². The Bertz CT molecular complexity index is 1130. The molecule has 0 radical (unpaired) electrons. The van der Waals surface area contributed by atoms with Gasteiger partial charge in [-0.25, -0.2) is 4.98 Å². The Balaban J connectivity index is -0.000000832. The summed E-state index contributed by atoms with van der Waals surface area (Å²) in [7, 11) is 0. The number of hydrogen-bond donors (Lipinski definition) is 5. The van der Waals surface area contributed by atoms with Gasteiger partial charge in [-0.15, -0.1) is 0 Å². The van der Waals surface area contributed by atoms with Crippen LogP contribution in [0.3, 0.4) is 0 Å². The number of nitrogens with zero attached hydrogens (tertiary/aromatic N) is 4. The smallest absolute Gasteiger partial charge is 1.00 e. The number of aromatic nitrogens is 1. The average Bonchev–Trinajstić information content (AvgIpc) is 2.86. The van der Waals surface area contributed by atoms with Gasteiger partial charge in [-0.3, -0.25) is 10.2 Å². The first-order valence-electron chi connectivity index (χ1n) is 11.1. The number of fused-ring (bicyclic) bond motifs is 2. The summed E-state index contributed by atoms with van der Waals surface area (Å²) in [6, 6.07) is 15.9. The van der Waals surface area contributed by atoms with E-state index in [2.05, 4.69) is 5.32 Å². The molecule has 224 valence electrons. The SMILES string of the molecule is CCC(=N)N(CCNc1c2ccccc2nc2ccccc12)CC(=O)O.NCCN.O=[N+]([O-])[O-].O=[N+]([O-])[O-].[Cl-].[Pt+2]. The fourth-order valence-electron chi connectivity index (χ4n) is 3.04. The molecule has 0 fully saturated rings. The normalized spacial score (nSPS) is 8.97. The molecule has 3 rings (SSSR count). The number of pyridine rings is 1. The van der Waals surface area contributed by atoms with Crippen molar-refractivity contribution in [3.63, 3.8) is 0 Å². The molecule has 0 bridgehead atoms. The number of halogens is 1. The number of para-hydroxylation sites is 2. The van der Waals surface area contributed by atoms with Crippen LogP contribution >= 0.6 is 0 Å². The topological polar surface area (TPSA) is 274 Å². The van der Waals surface area contributed by atoms with Crippen molar-refractivity contribution in [1.29, 1.82) is 5.41 Å². The standard InChI is InChI=1S/C20H22N4O2.C2H8N2.ClH.2NO3.Pt/c1-2-18(21)24(13-19(25)26)12-11-22-20-14-7-3-5-9-16(14)23-17-10-6-4-8-15(17)20;3-1-2-4;;2*2-1(3)4;/h3-10,21H,2,11-13H2,1H3,(H,22,23)(H,25,26);1-4H2;1H;;;/q;;;2*-1;+2/p-1. The summed E-state index contributed by atoms with van der Waals surface area (Å²) in [5, 5.41) is 52.0. The van der Waals surface area contributed by atoms with Gasteiger partial charge in [-0.05, 0) is 12.1 Å². The molecule has 0 saturated heterocycles. The predicted molar refractivity (Wildman–Crippen MR) is 144 cm³/mol. The molecule has 0 saturated carbocycles. The second-order valence-corrected chi connectivity index (χ2v) is 7.09. The maximum atomic E-state index is 11.0. The minimum absolute atomic E-state index is 0. The summed E-state index contributed by atoms with van der Waals surface area (Å²) in [4.78, 5) is 33.8. The van der Waals surface area contributed by atoms with E-state index >= 15 is 0 Å². The Morgan fingerprint density at radius 1 is 0.975 bits per heavy atom. The third-order valence-electron chi connectivity index (χ3n) is 4.48. The van der Waals surface area contributed by atoms with E-state index in [1.807, 2.05) is 55.5 Å². The first-order valence-corrected chi connectivity index (χ1v) is 11.1. The molecule has 0 aliphatic rings. The number of benzene rings is 2. The van der Waals surface area contributed by atoms with Gasteiger partial charge in [0.2, 0.25) is 0 Å². The van der Waals surface area contributed by atoms with E-state index in [0.717, 1.165) is 27.5 Å². The van der Waals surface area contributed by atoms with E-state index in [1.54, 1.807) is 4.90 Å². The van der Waals surface area contributed by atoms with Gasteiger partial charge >= 0.3 is 27.0 Å². The molecule has 16 nitrogen and oxygen atoms in total. The van der Waals surface area contributed by atoms with Crippen molar-refractivity contribution in [3.05, 3.63) is 79.2 Å². The Morgan fingerprint density at radius 3 is 1.73 bits per heavy atom.